The average molecular weight is 576 g/mol. The Kier molecular flexibility index (Phi) is 7.16. The van der Waals surface area contributed by atoms with Crippen LogP contribution in [0.2, 0.25) is 0 Å². The molecule has 2 aromatic carbocycles. The summed E-state index contributed by atoms with van der Waals surface area (Å²) in [5.41, 5.74) is 10.9. The lowest BCUT2D eigenvalue weighted by molar-refractivity contribution is -0.121. The van der Waals surface area contributed by atoms with E-state index < -0.39 is 17.1 Å². The zero-order valence-electron chi connectivity index (χ0n) is 23.8. The Balaban J connectivity index is 1.32. The van der Waals surface area contributed by atoms with Gasteiger partial charge in [0, 0.05) is 43.5 Å². The van der Waals surface area contributed by atoms with Crippen molar-refractivity contribution in [2.24, 2.45) is 18.2 Å². The second-order valence-electron chi connectivity index (χ2n) is 11.1. The number of fused-ring (bicyclic) bond motifs is 1. The molecule has 0 atom stereocenters. The van der Waals surface area contributed by atoms with Crippen molar-refractivity contribution in [1.82, 2.24) is 19.2 Å². The molecule has 3 N–H and O–H groups in total. The molecule has 216 valence electrons. The summed E-state index contributed by atoms with van der Waals surface area (Å²) in [5, 5.41) is 7.54. The van der Waals surface area contributed by atoms with Gasteiger partial charge in [-0.15, -0.1) is 0 Å². The molecule has 5 aromatic rings. The zero-order chi connectivity index (χ0) is 30.1. The molecule has 1 saturated carbocycles. The molecule has 0 bridgehead atoms. The number of hydrogen-bond acceptors (Lipinski definition) is 5. The van der Waals surface area contributed by atoms with Gasteiger partial charge in [0.25, 0.3) is 0 Å². The Morgan fingerprint density at radius 3 is 2.53 bits per heavy atom. The highest BCUT2D eigenvalue weighted by molar-refractivity contribution is 6.01. The zero-order valence-corrected chi connectivity index (χ0v) is 23.8. The summed E-state index contributed by atoms with van der Waals surface area (Å²) in [6, 6.07) is 15.3. The number of pyridine rings is 1. The van der Waals surface area contributed by atoms with Gasteiger partial charge in [0.2, 0.25) is 11.8 Å². The fourth-order valence-electron chi connectivity index (χ4n) is 5.25. The number of imidazole rings is 1. The molecule has 3 heterocycles. The molecule has 0 unspecified atom stereocenters. The topological polar surface area (TPSA) is 111 Å². The number of anilines is 4. The number of nitrogens with two attached hydrogens (primary N) is 1. The van der Waals surface area contributed by atoms with Crippen LogP contribution in [0.3, 0.4) is 0 Å². The summed E-state index contributed by atoms with van der Waals surface area (Å²) in [6.45, 7) is 1.95. The number of carbonyl (C=O) groups excluding carboxylic acids is 2. The molecule has 1 aliphatic carbocycles. The minimum Gasteiger partial charge on any atom is -0.370 e. The van der Waals surface area contributed by atoms with Gasteiger partial charge in [0.05, 0.1) is 29.5 Å². The molecule has 2 amide bonds. The van der Waals surface area contributed by atoms with Crippen LogP contribution in [0.15, 0.2) is 79.4 Å². The predicted molar refractivity (Wildman–Crippen MR) is 162 cm³/mol. The van der Waals surface area contributed by atoms with Gasteiger partial charge in [-0.05, 0) is 85.2 Å². The van der Waals surface area contributed by atoms with Crippen molar-refractivity contribution in [2.75, 3.05) is 10.2 Å². The Bertz CT molecular complexity index is 1910. The van der Waals surface area contributed by atoms with E-state index in [4.69, 9.17) is 5.73 Å². The Hall–Kier alpha value is -5.43. The quantitative estimate of drug-likeness (QED) is 0.242. The van der Waals surface area contributed by atoms with Crippen LogP contribution in [0.5, 0.6) is 0 Å². The van der Waals surface area contributed by atoms with E-state index in [-0.39, 0.29) is 18.7 Å². The number of primary amides is 1. The lowest BCUT2D eigenvalue weighted by atomic mass is 9.96. The normalized spacial score (nSPS) is 13.3. The highest BCUT2D eigenvalue weighted by Gasteiger charge is 2.46. The third kappa shape index (κ3) is 5.97. The summed E-state index contributed by atoms with van der Waals surface area (Å²) in [6.07, 6.45) is 9.11. The van der Waals surface area contributed by atoms with Crippen LogP contribution in [-0.4, -0.2) is 31.0 Å². The average Bonchev–Trinajstić information content (AvgIpc) is 3.37. The molecule has 9 nitrogen and oxygen atoms in total. The Morgan fingerprint density at radius 1 is 1.07 bits per heavy atom. The maximum absolute atomic E-state index is 13.8. The maximum atomic E-state index is 13.8. The minimum absolute atomic E-state index is 0.166. The maximum Gasteiger partial charge on any atom is 0.232 e. The van der Waals surface area contributed by atoms with Crippen LogP contribution in [-0.2, 0) is 16.6 Å². The molecular weight excluding hydrogens is 545 g/mol. The van der Waals surface area contributed by atoms with Crippen LogP contribution in [0, 0.1) is 30.0 Å². The summed E-state index contributed by atoms with van der Waals surface area (Å²) < 4.78 is 17.4. The highest BCUT2D eigenvalue weighted by Crippen LogP contribution is 2.52. The second kappa shape index (κ2) is 11.1. The van der Waals surface area contributed by atoms with Crippen molar-refractivity contribution in [2.45, 2.75) is 32.6 Å². The summed E-state index contributed by atoms with van der Waals surface area (Å²) in [5.74, 6) is 5.49. The largest absolute Gasteiger partial charge is 0.370 e. The third-order valence-corrected chi connectivity index (χ3v) is 7.69. The fourth-order valence-corrected chi connectivity index (χ4v) is 5.25. The number of aryl methyl sites for hydroxylation is 2. The molecule has 10 heteroatoms. The number of halogens is 1. The predicted octanol–water partition coefficient (Wildman–Crippen LogP) is 5.37. The van der Waals surface area contributed by atoms with Crippen LogP contribution in [0.4, 0.5) is 27.1 Å². The number of rotatable bonds is 8. The molecule has 0 saturated heterocycles. The van der Waals surface area contributed by atoms with Crippen molar-refractivity contribution in [3.05, 3.63) is 102 Å². The van der Waals surface area contributed by atoms with E-state index in [1.54, 1.807) is 34.1 Å². The van der Waals surface area contributed by atoms with Gasteiger partial charge in [-0.1, -0.05) is 12.0 Å². The molecule has 1 aliphatic rings. The standard InChI is InChI=1S/C33H30FN7O2/c1-22-5-9-27(41(26-11-7-24(34)8-12-26)31(43)18-33(13-14-33)17-30(35)42)16-23(22)6-10-28-20-36-32-29(4-3-15-40(28)32)38-25-19-37-39(2)21-25/h3-5,7-9,11-12,15-16,19-21,38H,13-14,17-18H2,1-2H3,(H2,35,42). The minimum atomic E-state index is -0.418. The monoisotopic (exact) mass is 575 g/mol. The van der Waals surface area contributed by atoms with Crippen LogP contribution < -0.4 is 16.0 Å². The first-order valence-electron chi connectivity index (χ1n) is 13.9. The van der Waals surface area contributed by atoms with Gasteiger partial charge < -0.3 is 11.1 Å². The number of aromatic nitrogens is 4. The second-order valence-corrected chi connectivity index (χ2v) is 11.1. The van der Waals surface area contributed by atoms with Crippen LogP contribution >= 0.6 is 0 Å². The SMILES string of the molecule is Cc1ccc(N(C(=O)CC2(CC(N)=O)CC2)c2ccc(F)cc2)cc1C#Cc1cnc2c(Nc3cnn(C)c3)cccn12. The molecule has 0 radical (unpaired) electrons. The van der Waals surface area contributed by atoms with E-state index in [1.165, 1.54) is 12.1 Å². The van der Waals surface area contributed by atoms with Gasteiger partial charge in [0.1, 0.15) is 11.5 Å². The Labute approximate surface area is 248 Å². The van der Waals surface area contributed by atoms with E-state index in [9.17, 15) is 14.0 Å². The van der Waals surface area contributed by atoms with E-state index in [0.29, 0.717) is 17.1 Å². The van der Waals surface area contributed by atoms with Crippen molar-refractivity contribution in [3.8, 4) is 11.8 Å². The van der Waals surface area contributed by atoms with Gasteiger partial charge in [-0.3, -0.25) is 23.6 Å². The summed E-state index contributed by atoms with van der Waals surface area (Å²) in [4.78, 5) is 31.5. The fraction of sp³-hybridized carbons (Fsp3) is 0.212. The molecule has 0 spiro atoms. The van der Waals surface area contributed by atoms with Crippen molar-refractivity contribution < 1.29 is 14.0 Å². The Morgan fingerprint density at radius 2 is 1.84 bits per heavy atom. The van der Waals surface area contributed by atoms with Crippen LogP contribution in [0.1, 0.15) is 42.5 Å². The highest BCUT2D eigenvalue weighted by atomic mass is 19.1. The summed E-state index contributed by atoms with van der Waals surface area (Å²) >= 11 is 0. The van der Waals surface area contributed by atoms with Gasteiger partial charge in [-0.2, -0.15) is 5.10 Å². The number of nitrogens with zero attached hydrogens (tertiary/aromatic N) is 5. The van der Waals surface area contributed by atoms with Gasteiger partial charge >= 0.3 is 0 Å². The lowest BCUT2D eigenvalue weighted by Gasteiger charge is -2.26. The van der Waals surface area contributed by atoms with E-state index in [1.807, 2.05) is 61.1 Å². The molecule has 3 aromatic heterocycles. The number of benzene rings is 2. The number of hydrogen-bond donors (Lipinski definition) is 2. The van der Waals surface area contributed by atoms with Gasteiger partial charge in [0.15, 0.2) is 5.65 Å². The van der Waals surface area contributed by atoms with E-state index in [0.717, 1.165) is 41.0 Å². The first kappa shape index (κ1) is 27.7. The molecule has 6 rings (SSSR count). The smallest absolute Gasteiger partial charge is 0.232 e. The lowest BCUT2D eigenvalue weighted by Crippen LogP contribution is -2.30. The number of carbonyl (C=O) groups is 2. The molecule has 1 fully saturated rings. The van der Waals surface area contributed by atoms with Gasteiger partial charge in [-0.25, -0.2) is 9.37 Å². The number of nitrogens with one attached hydrogen (secondary N) is 1. The van der Waals surface area contributed by atoms with Crippen molar-refractivity contribution >= 4 is 40.2 Å². The van der Waals surface area contributed by atoms with Crippen molar-refractivity contribution in [1.29, 1.82) is 0 Å². The van der Waals surface area contributed by atoms with E-state index >= 15 is 0 Å². The van der Waals surface area contributed by atoms with E-state index in [2.05, 4.69) is 27.2 Å². The number of amides is 2. The third-order valence-electron chi connectivity index (χ3n) is 7.69. The molecular formula is C33H30FN7O2. The first-order valence-corrected chi connectivity index (χ1v) is 13.9. The summed E-state index contributed by atoms with van der Waals surface area (Å²) in [7, 11) is 1.86. The molecule has 43 heavy (non-hydrogen) atoms. The van der Waals surface area contributed by atoms with Crippen LogP contribution in [0.25, 0.3) is 5.65 Å². The molecule has 0 aliphatic heterocycles. The first-order chi connectivity index (χ1) is 20.7. The van der Waals surface area contributed by atoms with Crippen molar-refractivity contribution in [3.63, 3.8) is 0 Å².